The maximum absolute atomic E-state index is 12.8. The molecule has 6 heteroatoms. The molecule has 2 heterocycles. The number of nitrogens with zero attached hydrogens (tertiary/aromatic N) is 1. The van der Waals surface area contributed by atoms with E-state index in [4.69, 9.17) is 5.73 Å². The Hall–Kier alpha value is -2.21. The minimum Gasteiger partial charge on any atom is -0.369 e. The largest absolute Gasteiger partial charge is 0.369 e. The molecule has 1 aromatic rings. The number of amides is 3. The summed E-state index contributed by atoms with van der Waals surface area (Å²) in [5.74, 6) is -0.630. The second-order valence-electron chi connectivity index (χ2n) is 6.68. The van der Waals surface area contributed by atoms with Crippen molar-refractivity contribution in [3.05, 3.63) is 29.8 Å². The number of carbonyl (C=O) groups is 3. The molecule has 3 amide bonds. The summed E-state index contributed by atoms with van der Waals surface area (Å²) >= 11 is 0. The smallest absolute Gasteiger partial charge is 0.292 e. The highest BCUT2D eigenvalue weighted by Crippen LogP contribution is 2.23. The second kappa shape index (κ2) is 6.73. The van der Waals surface area contributed by atoms with Crippen molar-refractivity contribution in [3.63, 3.8) is 0 Å². The number of hydrogen-bond acceptors (Lipinski definition) is 3. The highest BCUT2D eigenvalue weighted by Gasteiger charge is 2.46. The van der Waals surface area contributed by atoms with Crippen molar-refractivity contribution in [2.75, 3.05) is 18.0 Å². The standard InChI is InChI=1S/C18H23N3O3/c1-2-12-3-5-14(6-4-12)21-16(22)11-15(18(21)24)20-9-7-13(8-10-20)17(19)23/h3-6,13,15H,2,7-11H2,1H3,(H2,19,23)/p+1/t15-/m1/s1. The van der Waals surface area contributed by atoms with Gasteiger partial charge >= 0.3 is 0 Å². The summed E-state index contributed by atoms with van der Waals surface area (Å²) in [5.41, 5.74) is 7.18. The van der Waals surface area contributed by atoms with Crippen molar-refractivity contribution in [2.24, 2.45) is 11.7 Å². The molecular formula is C18H24N3O3+. The second-order valence-corrected chi connectivity index (χ2v) is 6.68. The number of anilines is 1. The zero-order valence-corrected chi connectivity index (χ0v) is 14.0. The fraction of sp³-hybridized carbons (Fsp3) is 0.500. The van der Waals surface area contributed by atoms with E-state index in [1.54, 1.807) is 0 Å². The lowest BCUT2D eigenvalue weighted by Gasteiger charge is -2.30. The van der Waals surface area contributed by atoms with Gasteiger partial charge in [-0.05, 0) is 24.1 Å². The van der Waals surface area contributed by atoms with Crippen LogP contribution in [0.2, 0.25) is 0 Å². The molecule has 128 valence electrons. The molecule has 2 saturated heterocycles. The zero-order valence-electron chi connectivity index (χ0n) is 14.0. The molecule has 3 rings (SSSR count). The average molecular weight is 330 g/mol. The van der Waals surface area contributed by atoms with Crippen molar-refractivity contribution in [2.45, 2.75) is 38.6 Å². The van der Waals surface area contributed by atoms with Crippen LogP contribution >= 0.6 is 0 Å². The highest BCUT2D eigenvalue weighted by molar-refractivity contribution is 6.21. The van der Waals surface area contributed by atoms with E-state index in [0.29, 0.717) is 31.6 Å². The number of carbonyl (C=O) groups excluding carboxylic acids is 3. The lowest BCUT2D eigenvalue weighted by Crippen LogP contribution is -3.17. The molecule has 0 aromatic heterocycles. The quantitative estimate of drug-likeness (QED) is 0.741. The maximum atomic E-state index is 12.8. The van der Waals surface area contributed by atoms with Gasteiger partial charge in [0.05, 0.1) is 25.2 Å². The molecule has 0 spiro atoms. The third-order valence-electron chi connectivity index (χ3n) is 5.27. The van der Waals surface area contributed by atoms with E-state index in [0.717, 1.165) is 11.3 Å². The molecule has 0 radical (unpaired) electrons. The lowest BCUT2D eigenvalue weighted by atomic mass is 9.95. The first-order valence-corrected chi connectivity index (χ1v) is 8.61. The van der Waals surface area contributed by atoms with E-state index >= 15 is 0 Å². The minimum atomic E-state index is -0.336. The topological polar surface area (TPSA) is 84.9 Å². The van der Waals surface area contributed by atoms with Crippen LogP contribution in [0.4, 0.5) is 5.69 Å². The highest BCUT2D eigenvalue weighted by atomic mass is 16.2. The summed E-state index contributed by atoms with van der Waals surface area (Å²) in [4.78, 5) is 38.8. The van der Waals surface area contributed by atoms with Gasteiger partial charge in [-0.3, -0.25) is 14.4 Å². The molecule has 24 heavy (non-hydrogen) atoms. The van der Waals surface area contributed by atoms with Gasteiger partial charge in [0.15, 0.2) is 6.04 Å². The van der Waals surface area contributed by atoms with Crippen LogP contribution in [0.5, 0.6) is 0 Å². The van der Waals surface area contributed by atoms with Gasteiger partial charge < -0.3 is 10.6 Å². The molecule has 2 aliphatic rings. The van der Waals surface area contributed by atoms with Crippen LogP contribution in [0.3, 0.4) is 0 Å². The van der Waals surface area contributed by atoms with Crippen LogP contribution in [0.15, 0.2) is 24.3 Å². The molecule has 6 nitrogen and oxygen atoms in total. The molecule has 0 unspecified atom stereocenters. The van der Waals surface area contributed by atoms with Gasteiger partial charge in [-0.2, -0.15) is 0 Å². The zero-order chi connectivity index (χ0) is 17.3. The Bertz CT molecular complexity index is 648. The summed E-state index contributed by atoms with van der Waals surface area (Å²) in [6.45, 7) is 3.48. The fourth-order valence-electron chi connectivity index (χ4n) is 3.72. The maximum Gasteiger partial charge on any atom is 0.292 e. The number of aryl methyl sites for hydroxylation is 1. The number of imide groups is 1. The number of piperidine rings is 1. The number of quaternary nitrogens is 1. The van der Waals surface area contributed by atoms with Crippen LogP contribution in [0.25, 0.3) is 0 Å². The first kappa shape index (κ1) is 16.6. The summed E-state index contributed by atoms with van der Waals surface area (Å²) in [5, 5.41) is 0. The number of hydrogen-bond donors (Lipinski definition) is 2. The Morgan fingerprint density at radius 3 is 2.38 bits per heavy atom. The number of nitrogens with one attached hydrogen (secondary N) is 1. The van der Waals surface area contributed by atoms with Crippen molar-refractivity contribution in [1.82, 2.24) is 0 Å². The van der Waals surface area contributed by atoms with Gasteiger partial charge in [-0.25, -0.2) is 4.90 Å². The van der Waals surface area contributed by atoms with Crippen LogP contribution in [0, 0.1) is 5.92 Å². The SMILES string of the molecule is CCc1ccc(N2C(=O)C[C@@H]([NH+]3CCC(C(N)=O)CC3)C2=O)cc1. The lowest BCUT2D eigenvalue weighted by molar-refractivity contribution is -0.920. The summed E-state index contributed by atoms with van der Waals surface area (Å²) in [6, 6.07) is 7.25. The van der Waals surface area contributed by atoms with Gasteiger partial charge in [-0.1, -0.05) is 19.1 Å². The third kappa shape index (κ3) is 3.06. The van der Waals surface area contributed by atoms with Crippen LogP contribution in [0.1, 0.15) is 31.7 Å². The molecular weight excluding hydrogens is 306 g/mol. The number of primary amides is 1. The van der Waals surface area contributed by atoms with E-state index in [-0.39, 0.29) is 36.1 Å². The normalized spacial score (nSPS) is 27.5. The molecule has 2 aliphatic heterocycles. The predicted molar refractivity (Wildman–Crippen MR) is 89.3 cm³/mol. The van der Waals surface area contributed by atoms with Crippen molar-refractivity contribution >= 4 is 23.4 Å². The van der Waals surface area contributed by atoms with Crippen molar-refractivity contribution in [3.8, 4) is 0 Å². The van der Waals surface area contributed by atoms with Gasteiger partial charge in [0.2, 0.25) is 11.8 Å². The number of likely N-dealkylation sites (tertiary alicyclic amines) is 1. The average Bonchev–Trinajstić information content (AvgIpc) is 2.89. The van der Waals surface area contributed by atoms with Crippen LogP contribution in [-0.2, 0) is 20.8 Å². The first-order chi connectivity index (χ1) is 11.5. The predicted octanol–water partition coefficient (Wildman–Crippen LogP) is -0.339. The molecule has 0 saturated carbocycles. The van der Waals surface area contributed by atoms with Crippen molar-refractivity contribution < 1.29 is 19.3 Å². The number of rotatable bonds is 4. The van der Waals surface area contributed by atoms with Crippen molar-refractivity contribution in [1.29, 1.82) is 0 Å². The molecule has 0 aliphatic carbocycles. The summed E-state index contributed by atoms with van der Waals surface area (Å²) in [7, 11) is 0. The van der Waals surface area contributed by atoms with Gasteiger partial charge in [0.1, 0.15) is 0 Å². The van der Waals surface area contributed by atoms with Crippen LogP contribution < -0.4 is 15.5 Å². The Morgan fingerprint density at radius 1 is 1.21 bits per heavy atom. The fourth-order valence-corrected chi connectivity index (χ4v) is 3.72. The monoisotopic (exact) mass is 330 g/mol. The molecule has 3 N–H and O–H groups in total. The van der Waals surface area contributed by atoms with Gasteiger partial charge in [0.25, 0.3) is 5.91 Å². The molecule has 0 bridgehead atoms. The summed E-state index contributed by atoms with van der Waals surface area (Å²) in [6.07, 6.45) is 2.54. The van der Waals surface area contributed by atoms with E-state index in [9.17, 15) is 14.4 Å². The summed E-state index contributed by atoms with van der Waals surface area (Å²) < 4.78 is 0. The Morgan fingerprint density at radius 2 is 1.83 bits per heavy atom. The Kier molecular flexibility index (Phi) is 4.66. The Labute approximate surface area is 141 Å². The number of nitrogens with two attached hydrogens (primary N) is 1. The van der Waals surface area contributed by atoms with E-state index in [1.807, 2.05) is 24.3 Å². The first-order valence-electron chi connectivity index (χ1n) is 8.61. The number of benzene rings is 1. The van der Waals surface area contributed by atoms with Gasteiger partial charge in [0, 0.05) is 18.8 Å². The van der Waals surface area contributed by atoms with E-state index < -0.39 is 0 Å². The van der Waals surface area contributed by atoms with E-state index in [2.05, 4.69) is 6.92 Å². The van der Waals surface area contributed by atoms with Gasteiger partial charge in [-0.15, -0.1) is 0 Å². The minimum absolute atomic E-state index is 0.0985. The molecule has 1 atom stereocenters. The molecule has 1 aromatic carbocycles. The Balaban J connectivity index is 1.71. The molecule has 2 fully saturated rings. The van der Waals surface area contributed by atoms with E-state index in [1.165, 1.54) is 10.5 Å². The third-order valence-corrected chi connectivity index (χ3v) is 5.27. The van der Waals surface area contributed by atoms with Crippen LogP contribution in [-0.4, -0.2) is 36.9 Å².